The predicted octanol–water partition coefficient (Wildman–Crippen LogP) is 3.66. The summed E-state index contributed by atoms with van der Waals surface area (Å²) >= 11 is 0. The molecule has 0 unspecified atom stereocenters. The normalized spacial score (nSPS) is 12.4. The number of hydrogen-bond acceptors (Lipinski definition) is 6. The number of rotatable bonds is 6. The molecule has 0 saturated heterocycles. The quantitative estimate of drug-likeness (QED) is 0.402. The number of hydrogen-bond donors (Lipinski definition) is 2. The van der Waals surface area contributed by atoms with Gasteiger partial charge in [-0.05, 0) is 60.9 Å². The highest BCUT2D eigenvalue weighted by atomic mass is 16.2. The van der Waals surface area contributed by atoms with Gasteiger partial charge in [0.15, 0.2) is 0 Å². The zero-order chi connectivity index (χ0) is 25.5. The third-order valence-electron chi connectivity index (χ3n) is 5.74. The maximum absolute atomic E-state index is 12.8. The SMILES string of the molecule is O=C(NCC#Cc1ccc2nc(NC3=CCCC=C3)ncc2c1)c1cccn(Cc2cccnc2)c1=O. The lowest BCUT2D eigenvalue weighted by molar-refractivity contribution is 0.0956. The summed E-state index contributed by atoms with van der Waals surface area (Å²) in [7, 11) is 0. The topological polar surface area (TPSA) is 102 Å². The first-order valence-corrected chi connectivity index (χ1v) is 11.9. The third-order valence-corrected chi connectivity index (χ3v) is 5.74. The first-order valence-electron chi connectivity index (χ1n) is 11.9. The number of carbonyl (C=O) groups excluding carboxylic acids is 1. The van der Waals surface area contributed by atoms with Gasteiger partial charge in [-0.3, -0.25) is 14.6 Å². The van der Waals surface area contributed by atoms with Crippen LogP contribution in [-0.2, 0) is 6.54 Å². The number of benzene rings is 1. The number of allylic oxidation sites excluding steroid dienone is 3. The van der Waals surface area contributed by atoms with Gasteiger partial charge in [0.2, 0.25) is 5.95 Å². The Kier molecular flexibility index (Phi) is 7.14. The van der Waals surface area contributed by atoms with Gasteiger partial charge in [-0.25, -0.2) is 9.97 Å². The minimum atomic E-state index is -0.463. The van der Waals surface area contributed by atoms with Crippen molar-refractivity contribution in [1.29, 1.82) is 0 Å². The molecule has 0 aliphatic heterocycles. The van der Waals surface area contributed by atoms with Gasteiger partial charge in [-0.15, -0.1) is 0 Å². The molecule has 37 heavy (non-hydrogen) atoms. The van der Waals surface area contributed by atoms with Gasteiger partial charge >= 0.3 is 0 Å². The second-order valence-electron chi connectivity index (χ2n) is 8.43. The fourth-order valence-corrected chi connectivity index (χ4v) is 3.90. The van der Waals surface area contributed by atoms with Gasteiger partial charge in [0.1, 0.15) is 5.56 Å². The highest BCUT2D eigenvalue weighted by Gasteiger charge is 2.11. The van der Waals surface area contributed by atoms with Crippen LogP contribution < -0.4 is 16.2 Å². The summed E-state index contributed by atoms with van der Waals surface area (Å²) in [5.74, 6) is 6.06. The molecular weight excluding hydrogens is 464 g/mol. The van der Waals surface area contributed by atoms with Gasteiger partial charge in [-0.2, -0.15) is 0 Å². The van der Waals surface area contributed by atoms with Crippen molar-refractivity contribution in [2.45, 2.75) is 19.4 Å². The molecule has 1 amide bonds. The summed E-state index contributed by atoms with van der Waals surface area (Å²) in [5.41, 5.74) is 3.17. The lowest BCUT2D eigenvalue weighted by Gasteiger charge is -2.09. The number of fused-ring (bicyclic) bond motifs is 1. The Morgan fingerprint density at radius 1 is 1.11 bits per heavy atom. The summed E-state index contributed by atoms with van der Waals surface area (Å²) in [6.45, 7) is 0.446. The number of amides is 1. The van der Waals surface area contributed by atoms with Crippen LogP contribution in [0.4, 0.5) is 5.95 Å². The van der Waals surface area contributed by atoms with E-state index < -0.39 is 5.91 Å². The molecule has 8 heteroatoms. The molecule has 0 atom stereocenters. The molecule has 0 radical (unpaired) electrons. The standard InChI is InChI=1S/C29H24N6O2/c36-27(25-11-6-16-35(28(25)37)20-22-8-4-14-30-18-22)31-15-5-7-21-12-13-26-23(17-21)19-32-29(34-26)33-24-9-2-1-3-10-24/h2,4,6,8-14,16-19H,1,3,15,20H2,(H,31,36)(H,32,33,34). The molecule has 0 bridgehead atoms. The predicted molar refractivity (Wildman–Crippen MR) is 143 cm³/mol. The maximum Gasteiger partial charge on any atom is 0.263 e. The van der Waals surface area contributed by atoms with Crippen molar-refractivity contribution in [3.05, 3.63) is 118 Å². The number of pyridine rings is 2. The van der Waals surface area contributed by atoms with Gasteiger partial charge in [0.05, 0.1) is 18.6 Å². The molecule has 1 aromatic carbocycles. The summed E-state index contributed by atoms with van der Waals surface area (Å²) in [6.07, 6.45) is 15.1. The third kappa shape index (κ3) is 5.97. The molecule has 4 aromatic rings. The van der Waals surface area contributed by atoms with Crippen molar-refractivity contribution in [2.75, 3.05) is 11.9 Å². The van der Waals surface area contributed by atoms with E-state index in [4.69, 9.17) is 0 Å². The van der Waals surface area contributed by atoms with E-state index in [1.165, 1.54) is 10.6 Å². The van der Waals surface area contributed by atoms with Crippen LogP contribution in [0.5, 0.6) is 0 Å². The van der Waals surface area contributed by atoms with Gasteiger partial charge in [0.25, 0.3) is 11.5 Å². The number of anilines is 1. The van der Waals surface area contributed by atoms with Crippen molar-refractivity contribution < 1.29 is 4.79 Å². The molecular formula is C29H24N6O2. The number of nitrogens with one attached hydrogen (secondary N) is 2. The largest absolute Gasteiger partial charge is 0.341 e. The first kappa shape index (κ1) is 23.7. The lowest BCUT2D eigenvalue weighted by Crippen LogP contribution is -2.33. The Balaban J connectivity index is 1.21. The molecule has 0 spiro atoms. The van der Waals surface area contributed by atoms with E-state index >= 15 is 0 Å². The van der Waals surface area contributed by atoms with Crippen molar-refractivity contribution in [2.24, 2.45) is 0 Å². The summed E-state index contributed by atoms with van der Waals surface area (Å²) in [4.78, 5) is 38.4. The Bertz CT molecular complexity index is 1630. The van der Waals surface area contributed by atoms with E-state index in [-0.39, 0.29) is 17.7 Å². The molecule has 3 aromatic heterocycles. The molecule has 5 rings (SSSR count). The van der Waals surface area contributed by atoms with Crippen LogP contribution in [0, 0.1) is 11.8 Å². The lowest BCUT2D eigenvalue weighted by atomic mass is 10.1. The van der Waals surface area contributed by atoms with Crippen LogP contribution in [-0.4, -0.2) is 32.0 Å². The number of carbonyl (C=O) groups is 1. The fraction of sp³-hybridized carbons (Fsp3) is 0.138. The fourth-order valence-electron chi connectivity index (χ4n) is 3.90. The van der Waals surface area contributed by atoms with Crippen LogP contribution >= 0.6 is 0 Å². The van der Waals surface area contributed by atoms with Crippen LogP contribution in [0.2, 0.25) is 0 Å². The second kappa shape index (κ2) is 11.1. The highest BCUT2D eigenvalue weighted by molar-refractivity contribution is 5.93. The summed E-state index contributed by atoms with van der Waals surface area (Å²) in [5, 5.41) is 6.80. The molecule has 8 nitrogen and oxygen atoms in total. The molecule has 182 valence electrons. The monoisotopic (exact) mass is 488 g/mol. The maximum atomic E-state index is 12.8. The Labute approximate surface area is 213 Å². The summed E-state index contributed by atoms with van der Waals surface area (Å²) < 4.78 is 1.48. The van der Waals surface area contributed by atoms with Crippen molar-refractivity contribution in [3.63, 3.8) is 0 Å². The van der Waals surface area contributed by atoms with E-state index in [0.717, 1.165) is 40.6 Å². The van der Waals surface area contributed by atoms with Crippen molar-refractivity contribution >= 4 is 22.8 Å². The van der Waals surface area contributed by atoms with E-state index in [1.54, 1.807) is 36.9 Å². The molecule has 3 heterocycles. The van der Waals surface area contributed by atoms with Gasteiger partial charge < -0.3 is 15.2 Å². The zero-order valence-electron chi connectivity index (χ0n) is 20.0. The molecule has 1 aliphatic rings. The molecule has 1 aliphatic carbocycles. The van der Waals surface area contributed by atoms with Crippen molar-refractivity contribution in [1.82, 2.24) is 24.8 Å². The van der Waals surface area contributed by atoms with E-state index in [1.807, 2.05) is 30.3 Å². The minimum absolute atomic E-state index is 0.0694. The van der Waals surface area contributed by atoms with Crippen LogP contribution in [0.25, 0.3) is 10.9 Å². The van der Waals surface area contributed by atoms with Crippen molar-refractivity contribution in [3.8, 4) is 11.8 Å². The minimum Gasteiger partial charge on any atom is -0.341 e. The average Bonchev–Trinajstić information content (AvgIpc) is 2.93. The highest BCUT2D eigenvalue weighted by Crippen LogP contribution is 2.17. The number of aromatic nitrogens is 4. The molecule has 0 saturated carbocycles. The Morgan fingerprint density at radius 3 is 2.89 bits per heavy atom. The van der Waals surface area contributed by atoms with Crippen LogP contribution in [0.15, 0.2) is 96.0 Å². The first-order chi connectivity index (χ1) is 18.2. The van der Waals surface area contributed by atoms with Gasteiger partial charge in [0, 0.05) is 41.4 Å². The molecule has 0 fully saturated rings. The smallest absolute Gasteiger partial charge is 0.263 e. The van der Waals surface area contributed by atoms with Gasteiger partial charge in [-0.1, -0.05) is 30.1 Å². The average molecular weight is 489 g/mol. The Morgan fingerprint density at radius 2 is 2.05 bits per heavy atom. The molecule has 2 N–H and O–H groups in total. The van der Waals surface area contributed by atoms with Crippen LogP contribution in [0.3, 0.4) is 0 Å². The van der Waals surface area contributed by atoms with E-state index in [2.05, 4.69) is 49.6 Å². The van der Waals surface area contributed by atoms with E-state index in [9.17, 15) is 9.59 Å². The van der Waals surface area contributed by atoms with E-state index in [0.29, 0.717) is 12.5 Å². The summed E-state index contributed by atoms with van der Waals surface area (Å²) in [6, 6.07) is 12.6. The zero-order valence-corrected chi connectivity index (χ0v) is 20.0. The van der Waals surface area contributed by atoms with Crippen LogP contribution in [0.1, 0.15) is 34.3 Å². The second-order valence-corrected chi connectivity index (χ2v) is 8.43. The number of nitrogens with zero attached hydrogens (tertiary/aromatic N) is 4. The Hall–Kier alpha value is -5.03.